The fourth-order valence-corrected chi connectivity index (χ4v) is 6.51. The number of halogens is 1. The summed E-state index contributed by atoms with van der Waals surface area (Å²) in [6.07, 6.45) is 8.18. The Morgan fingerprint density at radius 1 is 1.09 bits per heavy atom. The van der Waals surface area contributed by atoms with E-state index in [4.69, 9.17) is 25.6 Å². The molecule has 1 N–H and O–H groups in total. The van der Waals surface area contributed by atoms with Crippen LogP contribution in [0.15, 0.2) is 95.5 Å². The van der Waals surface area contributed by atoms with Crippen LogP contribution < -0.4 is 9.47 Å². The van der Waals surface area contributed by atoms with Crippen LogP contribution in [0.25, 0.3) is 5.57 Å². The summed E-state index contributed by atoms with van der Waals surface area (Å²) in [5.41, 5.74) is 3.91. The molecule has 1 aliphatic heterocycles. The highest BCUT2D eigenvalue weighted by molar-refractivity contribution is 6.32. The molecule has 47 heavy (non-hydrogen) atoms. The van der Waals surface area contributed by atoms with E-state index in [0.717, 1.165) is 48.3 Å². The molecule has 0 amide bonds. The van der Waals surface area contributed by atoms with E-state index in [1.54, 1.807) is 24.3 Å². The Bertz CT molecular complexity index is 1820. The zero-order valence-electron chi connectivity index (χ0n) is 26.1. The van der Waals surface area contributed by atoms with Gasteiger partial charge >= 0.3 is 0 Å². The summed E-state index contributed by atoms with van der Waals surface area (Å²) >= 11 is 6.67. The van der Waals surface area contributed by atoms with Gasteiger partial charge in [-0.05, 0) is 47.7 Å². The van der Waals surface area contributed by atoms with Crippen molar-refractivity contribution in [3.05, 3.63) is 130 Å². The molecule has 1 fully saturated rings. The number of nitrogens with zero attached hydrogens (tertiary/aromatic N) is 3. The van der Waals surface area contributed by atoms with Gasteiger partial charge in [-0.15, -0.1) is 0 Å². The van der Waals surface area contributed by atoms with Gasteiger partial charge in [-0.25, -0.2) is 0 Å². The van der Waals surface area contributed by atoms with E-state index in [2.05, 4.69) is 47.3 Å². The van der Waals surface area contributed by atoms with Crippen LogP contribution in [0.1, 0.15) is 58.3 Å². The quantitative estimate of drug-likeness (QED) is 0.171. The zero-order valence-corrected chi connectivity index (χ0v) is 26.9. The smallest absolute Gasteiger partial charge is 0.153 e. The molecule has 6 rings (SSSR count). The van der Waals surface area contributed by atoms with Crippen LogP contribution >= 0.6 is 11.6 Å². The van der Waals surface area contributed by atoms with Gasteiger partial charge in [0.2, 0.25) is 0 Å². The number of carbonyl (C=O) groups excluding carboxylic acids is 1. The maximum absolute atomic E-state index is 11.9. The van der Waals surface area contributed by atoms with Crippen molar-refractivity contribution in [1.82, 2.24) is 10.1 Å². The van der Waals surface area contributed by atoms with Crippen molar-refractivity contribution in [3.63, 3.8) is 0 Å². The zero-order chi connectivity index (χ0) is 32.8. The summed E-state index contributed by atoms with van der Waals surface area (Å²) < 4.78 is 18.6. The topological polar surface area (TPSA) is 109 Å². The number of benzene rings is 3. The van der Waals surface area contributed by atoms with Crippen LogP contribution in [0, 0.1) is 17.2 Å². The molecule has 1 aliphatic carbocycles. The maximum Gasteiger partial charge on any atom is 0.153 e. The first-order valence-corrected chi connectivity index (χ1v) is 16.1. The number of ether oxygens (including phenoxy) is 2. The van der Waals surface area contributed by atoms with Crippen molar-refractivity contribution in [1.29, 1.82) is 5.26 Å². The molecule has 2 unspecified atom stereocenters. The van der Waals surface area contributed by atoms with E-state index in [-0.39, 0.29) is 30.3 Å². The number of hydrogen-bond donors (Lipinski definition) is 1. The van der Waals surface area contributed by atoms with Gasteiger partial charge in [0.25, 0.3) is 0 Å². The first-order chi connectivity index (χ1) is 22.9. The van der Waals surface area contributed by atoms with Gasteiger partial charge in [-0.3, -0.25) is 9.69 Å². The largest absolute Gasteiger partial charge is 0.490 e. The number of rotatable bonds is 11. The number of aromatic nitrogens is 1. The Morgan fingerprint density at radius 3 is 2.66 bits per heavy atom. The average molecular weight is 650 g/mol. The molecule has 240 valence electrons. The van der Waals surface area contributed by atoms with Crippen LogP contribution in [0.2, 0.25) is 5.02 Å². The Morgan fingerprint density at radius 2 is 1.89 bits per heavy atom. The van der Waals surface area contributed by atoms with E-state index in [1.807, 2.05) is 36.4 Å². The normalized spacial score (nSPS) is 20.0. The average Bonchev–Trinajstić information content (AvgIpc) is 3.58. The number of carbonyl (C=O) groups is 1. The number of piperidine rings is 1. The molecule has 1 saturated heterocycles. The minimum absolute atomic E-state index is 0.0722. The Balaban J connectivity index is 1.29. The van der Waals surface area contributed by atoms with E-state index in [0.29, 0.717) is 41.2 Å². The number of allylic oxidation sites excluding steroid dienone is 3. The molecule has 9 heteroatoms. The van der Waals surface area contributed by atoms with Gasteiger partial charge in [0.05, 0.1) is 39.4 Å². The van der Waals surface area contributed by atoms with Crippen molar-refractivity contribution >= 4 is 23.5 Å². The highest BCUT2D eigenvalue weighted by Gasteiger charge is 2.44. The highest BCUT2D eigenvalue weighted by atomic mass is 35.5. The third-order valence-electron chi connectivity index (χ3n) is 9.08. The van der Waals surface area contributed by atoms with Crippen LogP contribution in [0.3, 0.4) is 0 Å². The molecule has 2 heterocycles. The molecule has 3 aromatic carbocycles. The van der Waals surface area contributed by atoms with E-state index >= 15 is 0 Å². The molecule has 0 bridgehead atoms. The monoisotopic (exact) mass is 649 g/mol. The second-order valence-electron chi connectivity index (χ2n) is 12.1. The minimum atomic E-state index is -0.741. The van der Waals surface area contributed by atoms with E-state index < -0.39 is 5.41 Å². The molecule has 1 aromatic heterocycles. The van der Waals surface area contributed by atoms with Crippen molar-refractivity contribution in [2.24, 2.45) is 5.92 Å². The SMILES string of the molecule is CC1C(c2ccccc2)=CC=CC1(COc1cc(OCc2cccc(C#N)c2)c(C=O)cc1Cl)c1cc(CN2CCC(O)CC2)no1. The molecule has 2 atom stereocenters. The maximum atomic E-state index is 11.9. The summed E-state index contributed by atoms with van der Waals surface area (Å²) in [5, 5.41) is 23.9. The fraction of sp³-hybridized carbons (Fsp3) is 0.289. The molecule has 8 nitrogen and oxygen atoms in total. The molecular formula is C38H36ClN3O5. The second-order valence-corrected chi connectivity index (χ2v) is 12.5. The lowest BCUT2D eigenvalue weighted by molar-refractivity contribution is 0.0781. The Labute approximate surface area is 279 Å². The Kier molecular flexibility index (Phi) is 9.88. The van der Waals surface area contributed by atoms with E-state index in [9.17, 15) is 15.2 Å². The molecule has 2 aliphatic rings. The number of aliphatic hydroxyl groups excluding tert-OH is 1. The van der Waals surface area contributed by atoms with Crippen LogP contribution in [-0.4, -0.2) is 47.2 Å². The number of aldehydes is 1. The fourth-order valence-electron chi connectivity index (χ4n) is 6.29. The number of aliphatic hydroxyl groups is 1. The first kappa shape index (κ1) is 32.3. The van der Waals surface area contributed by atoms with Gasteiger partial charge < -0.3 is 19.1 Å². The molecule has 0 spiro atoms. The van der Waals surface area contributed by atoms with Crippen molar-refractivity contribution in [2.45, 2.75) is 44.4 Å². The third kappa shape index (κ3) is 7.18. The van der Waals surface area contributed by atoms with Crippen LogP contribution in [0.4, 0.5) is 0 Å². The van der Waals surface area contributed by atoms with Gasteiger partial charge in [-0.2, -0.15) is 5.26 Å². The van der Waals surface area contributed by atoms with Gasteiger partial charge in [-0.1, -0.05) is 84.4 Å². The summed E-state index contributed by atoms with van der Waals surface area (Å²) in [7, 11) is 0. The van der Waals surface area contributed by atoms with Crippen LogP contribution in [0.5, 0.6) is 11.5 Å². The molecule has 4 aromatic rings. The summed E-state index contributed by atoms with van der Waals surface area (Å²) in [4.78, 5) is 14.2. The predicted molar refractivity (Wildman–Crippen MR) is 179 cm³/mol. The number of hydrogen-bond acceptors (Lipinski definition) is 8. The van der Waals surface area contributed by atoms with Gasteiger partial charge in [0.15, 0.2) is 12.0 Å². The van der Waals surface area contributed by atoms with Crippen molar-refractivity contribution in [2.75, 3.05) is 19.7 Å². The summed E-state index contributed by atoms with van der Waals surface area (Å²) in [5.74, 6) is 1.28. The molecule has 0 saturated carbocycles. The van der Waals surface area contributed by atoms with Gasteiger partial charge in [0, 0.05) is 37.7 Å². The number of likely N-dealkylation sites (tertiary alicyclic amines) is 1. The highest BCUT2D eigenvalue weighted by Crippen LogP contribution is 2.45. The standard InChI is InChI=1S/C38H36ClN3O5/c1-26-33(29-9-3-2-4-10-29)11-6-14-38(26,37-19-31(41-47-37)22-42-15-12-32(44)13-16-42)25-46-36-20-35(30(23-43)18-34(36)39)45-24-28-8-5-7-27(17-28)21-40/h2-11,14,17-20,23,26,32,44H,12-13,15-16,22,24-25H2,1H3. The lowest BCUT2D eigenvalue weighted by Crippen LogP contribution is -2.39. The van der Waals surface area contributed by atoms with Crippen LogP contribution in [-0.2, 0) is 18.6 Å². The predicted octanol–water partition coefficient (Wildman–Crippen LogP) is 7.15. The lowest BCUT2D eigenvalue weighted by atomic mass is 9.67. The lowest BCUT2D eigenvalue weighted by Gasteiger charge is -2.38. The van der Waals surface area contributed by atoms with Crippen molar-refractivity contribution < 1.29 is 23.9 Å². The summed E-state index contributed by atoms with van der Waals surface area (Å²) in [6.45, 7) is 4.72. The molecule has 0 radical (unpaired) electrons. The first-order valence-electron chi connectivity index (χ1n) is 15.7. The van der Waals surface area contributed by atoms with Gasteiger partial charge in [0.1, 0.15) is 24.7 Å². The molecular weight excluding hydrogens is 614 g/mol. The second kappa shape index (κ2) is 14.4. The summed E-state index contributed by atoms with van der Waals surface area (Å²) in [6, 6.07) is 24.6. The Hall–Kier alpha value is -4.68. The van der Waals surface area contributed by atoms with Crippen molar-refractivity contribution in [3.8, 4) is 17.6 Å². The number of nitriles is 1. The van der Waals surface area contributed by atoms with E-state index in [1.165, 1.54) is 6.07 Å². The minimum Gasteiger partial charge on any atom is -0.490 e. The third-order valence-corrected chi connectivity index (χ3v) is 9.38.